The molecule has 0 radical (unpaired) electrons. The number of halogens is 4. The van der Waals surface area contributed by atoms with Gasteiger partial charge in [0.05, 0.1) is 35.8 Å². The molecular formula is C17H21F4N3O3. The molecule has 1 saturated heterocycles. The Bertz CT molecular complexity index is 731. The van der Waals surface area contributed by atoms with E-state index in [1.165, 1.54) is 13.8 Å². The maximum Gasteiger partial charge on any atom is 0.419 e. The Morgan fingerprint density at radius 3 is 2.44 bits per heavy atom. The molecule has 6 nitrogen and oxygen atoms in total. The maximum atomic E-state index is 13.9. The highest BCUT2D eigenvalue weighted by Crippen LogP contribution is 2.34. The molecular weight excluding hydrogens is 370 g/mol. The van der Waals surface area contributed by atoms with Crippen LogP contribution in [0.4, 0.5) is 17.6 Å². The van der Waals surface area contributed by atoms with Crippen LogP contribution in [-0.4, -0.2) is 34.7 Å². The molecule has 1 fully saturated rings. The first-order valence-corrected chi connectivity index (χ1v) is 8.24. The summed E-state index contributed by atoms with van der Waals surface area (Å²) < 4.78 is 52.1. The van der Waals surface area contributed by atoms with Crippen LogP contribution in [0.3, 0.4) is 0 Å². The van der Waals surface area contributed by atoms with Crippen LogP contribution in [0.2, 0.25) is 0 Å². The molecule has 2 rings (SSSR count). The number of hydrogen-bond acceptors (Lipinski definition) is 4. The average molecular weight is 391 g/mol. The number of carbonyl (C=O) groups is 2. The summed E-state index contributed by atoms with van der Waals surface area (Å²) in [7, 11) is 0. The molecule has 1 aromatic carbocycles. The summed E-state index contributed by atoms with van der Waals surface area (Å²) in [6.07, 6.45) is -5.45. The maximum absolute atomic E-state index is 13.9. The number of aliphatic hydroxyl groups is 1. The highest BCUT2D eigenvalue weighted by atomic mass is 19.4. The van der Waals surface area contributed by atoms with Crippen LogP contribution in [-0.2, 0) is 15.8 Å². The molecule has 0 bridgehead atoms. The van der Waals surface area contributed by atoms with Crippen LogP contribution < -0.4 is 16.0 Å². The minimum absolute atomic E-state index is 0.0327. The standard InChI is InChI=1S/C17H21F4N3O3/c1-8-22-12(7-13(25)23-8)15(26)24-14(16(2,3)27)9-4-5-10(11(18)6-9)17(19,20)21/h4-6,8,12,14,22,27H,7H2,1-3H3,(H,23,25)(H,24,26)/t8?,12?,14-/m0/s1. The van der Waals surface area contributed by atoms with E-state index in [-0.39, 0.29) is 17.9 Å². The van der Waals surface area contributed by atoms with Gasteiger partial charge in [-0.3, -0.25) is 14.9 Å². The lowest BCUT2D eigenvalue weighted by Gasteiger charge is -2.34. The Morgan fingerprint density at radius 1 is 1.33 bits per heavy atom. The predicted molar refractivity (Wildman–Crippen MR) is 87.7 cm³/mol. The number of nitrogens with one attached hydrogen (secondary N) is 3. The highest BCUT2D eigenvalue weighted by molar-refractivity contribution is 5.89. The molecule has 1 aliphatic rings. The van der Waals surface area contributed by atoms with Crippen molar-refractivity contribution in [3.05, 3.63) is 35.1 Å². The normalized spacial score (nSPS) is 22.1. The molecule has 150 valence electrons. The second-order valence-electron chi connectivity index (χ2n) is 7.04. The van der Waals surface area contributed by atoms with Crippen LogP contribution in [0.25, 0.3) is 0 Å². The molecule has 2 amide bonds. The lowest BCUT2D eigenvalue weighted by atomic mass is 9.90. The summed E-state index contributed by atoms with van der Waals surface area (Å²) >= 11 is 0. The number of amides is 2. The molecule has 1 aromatic rings. The monoisotopic (exact) mass is 391 g/mol. The summed E-state index contributed by atoms with van der Waals surface area (Å²) in [5.41, 5.74) is -3.08. The molecule has 10 heteroatoms. The van der Waals surface area contributed by atoms with Crippen molar-refractivity contribution >= 4 is 11.8 Å². The van der Waals surface area contributed by atoms with E-state index in [1.54, 1.807) is 6.92 Å². The van der Waals surface area contributed by atoms with Crippen molar-refractivity contribution < 1.29 is 32.3 Å². The van der Waals surface area contributed by atoms with Gasteiger partial charge in [0.1, 0.15) is 5.82 Å². The zero-order valence-electron chi connectivity index (χ0n) is 14.9. The van der Waals surface area contributed by atoms with Gasteiger partial charge < -0.3 is 15.7 Å². The van der Waals surface area contributed by atoms with Gasteiger partial charge in [-0.1, -0.05) is 6.07 Å². The molecule has 1 aliphatic heterocycles. The minimum Gasteiger partial charge on any atom is -0.388 e. The summed E-state index contributed by atoms with van der Waals surface area (Å²) in [5.74, 6) is -2.49. The smallest absolute Gasteiger partial charge is 0.388 e. The SMILES string of the molecule is CC1NC(=O)CC(C(=O)N[C@@H](c2ccc(C(F)(F)F)c(F)c2)C(C)(C)O)N1. The highest BCUT2D eigenvalue weighted by Gasteiger charge is 2.37. The van der Waals surface area contributed by atoms with Gasteiger partial charge in [0.25, 0.3) is 0 Å². The largest absolute Gasteiger partial charge is 0.419 e. The van der Waals surface area contributed by atoms with Crippen LogP contribution in [0.1, 0.15) is 44.4 Å². The first kappa shape index (κ1) is 21.1. The fourth-order valence-corrected chi connectivity index (χ4v) is 2.91. The summed E-state index contributed by atoms with van der Waals surface area (Å²) in [4.78, 5) is 24.1. The molecule has 0 aliphatic carbocycles. The Kier molecular flexibility index (Phi) is 5.81. The third-order valence-corrected chi connectivity index (χ3v) is 4.16. The van der Waals surface area contributed by atoms with Crippen LogP contribution in [0.5, 0.6) is 0 Å². The third kappa shape index (κ3) is 5.16. The van der Waals surface area contributed by atoms with Crippen molar-refractivity contribution in [1.82, 2.24) is 16.0 Å². The topological polar surface area (TPSA) is 90.5 Å². The number of alkyl halides is 3. The van der Waals surface area contributed by atoms with Crippen molar-refractivity contribution in [2.75, 3.05) is 0 Å². The van der Waals surface area contributed by atoms with Crippen molar-refractivity contribution in [2.24, 2.45) is 0 Å². The summed E-state index contributed by atoms with van der Waals surface area (Å²) in [5, 5.41) is 18.3. The Morgan fingerprint density at radius 2 is 1.96 bits per heavy atom. The average Bonchev–Trinajstić information content (AvgIpc) is 2.48. The molecule has 0 saturated carbocycles. The molecule has 4 N–H and O–H groups in total. The van der Waals surface area contributed by atoms with E-state index in [1.807, 2.05) is 0 Å². The van der Waals surface area contributed by atoms with Gasteiger partial charge in [-0.2, -0.15) is 13.2 Å². The lowest BCUT2D eigenvalue weighted by Crippen LogP contribution is -2.60. The van der Waals surface area contributed by atoms with E-state index in [0.717, 1.165) is 6.07 Å². The first-order chi connectivity index (χ1) is 12.3. The molecule has 3 atom stereocenters. The van der Waals surface area contributed by atoms with Crippen LogP contribution >= 0.6 is 0 Å². The number of hydrogen-bond donors (Lipinski definition) is 4. The van der Waals surface area contributed by atoms with Crippen LogP contribution in [0, 0.1) is 5.82 Å². The summed E-state index contributed by atoms with van der Waals surface area (Å²) in [6.45, 7) is 4.30. The third-order valence-electron chi connectivity index (χ3n) is 4.16. The second kappa shape index (κ2) is 7.43. The van der Waals surface area contributed by atoms with Crippen molar-refractivity contribution in [3.63, 3.8) is 0 Å². The van der Waals surface area contributed by atoms with Crippen molar-refractivity contribution in [1.29, 1.82) is 0 Å². The summed E-state index contributed by atoms with van der Waals surface area (Å²) in [6, 6.07) is 0.111. The van der Waals surface area contributed by atoms with Crippen molar-refractivity contribution in [3.8, 4) is 0 Å². The lowest BCUT2D eigenvalue weighted by molar-refractivity contribution is -0.140. The van der Waals surface area contributed by atoms with E-state index in [4.69, 9.17) is 0 Å². The van der Waals surface area contributed by atoms with Gasteiger partial charge in [0.2, 0.25) is 11.8 Å². The Labute approximate surface area is 153 Å². The molecule has 27 heavy (non-hydrogen) atoms. The van der Waals surface area contributed by atoms with E-state index in [2.05, 4.69) is 16.0 Å². The number of carbonyl (C=O) groups excluding carboxylic acids is 2. The molecule has 0 aromatic heterocycles. The minimum atomic E-state index is -4.86. The predicted octanol–water partition coefficient (Wildman–Crippen LogP) is 1.60. The molecule has 1 heterocycles. The van der Waals surface area contributed by atoms with Gasteiger partial charge >= 0.3 is 6.18 Å². The zero-order valence-corrected chi connectivity index (χ0v) is 14.9. The number of rotatable bonds is 4. The molecule has 2 unspecified atom stereocenters. The molecule has 0 spiro atoms. The first-order valence-electron chi connectivity index (χ1n) is 8.24. The Hall–Kier alpha value is -2.20. The van der Waals surface area contributed by atoms with Gasteiger partial charge in [-0.05, 0) is 38.5 Å². The number of benzene rings is 1. The fourth-order valence-electron chi connectivity index (χ4n) is 2.91. The van der Waals surface area contributed by atoms with Crippen molar-refractivity contribution in [2.45, 2.75) is 57.2 Å². The van der Waals surface area contributed by atoms with E-state index in [9.17, 15) is 32.3 Å². The van der Waals surface area contributed by atoms with Crippen LogP contribution in [0.15, 0.2) is 18.2 Å². The second-order valence-corrected chi connectivity index (χ2v) is 7.04. The quantitative estimate of drug-likeness (QED) is 0.587. The van der Waals surface area contributed by atoms with E-state index < -0.39 is 47.3 Å². The van der Waals surface area contributed by atoms with E-state index in [0.29, 0.717) is 12.1 Å². The van der Waals surface area contributed by atoms with Gasteiger partial charge in [0.15, 0.2) is 0 Å². The van der Waals surface area contributed by atoms with Gasteiger partial charge in [0, 0.05) is 0 Å². The van der Waals surface area contributed by atoms with Gasteiger partial charge in [-0.15, -0.1) is 0 Å². The zero-order chi connectivity index (χ0) is 20.6. The fraction of sp³-hybridized carbons (Fsp3) is 0.529. The Balaban J connectivity index is 2.27. The van der Waals surface area contributed by atoms with E-state index >= 15 is 0 Å². The van der Waals surface area contributed by atoms with Gasteiger partial charge in [-0.25, -0.2) is 4.39 Å².